The van der Waals surface area contributed by atoms with E-state index < -0.39 is 5.54 Å². The van der Waals surface area contributed by atoms with Crippen molar-refractivity contribution in [3.63, 3.8) is 0 Å². The summed E-state index contributed by atoms with van der Waals surface area (Å²) in [5, 5.41) is 4.62. The number of nitrogens with two attached hydrogens (primary N) is 1. The van der Waals surface area contributed by atoms with Crippen LogP contribution in [-0.2, 0) is 5.54 Å². The van der Waals surface area contributed by atoms with Gasteiger partial charge in [-0.25, -0.2) is 0 Å². The van der Waals surface area contributed by atoms with E-state index in [1.54, 1.807) is 12.1 Å². The van der Waals surface area contributed by atoms with Gasteiger partial charge in [0.05, 0.1) is 11.1 Å². The van der Waals surface area contributed by atoms with Crippen LogP contribution in [0.3, 0.4) is 0 Å². The molecule has 1 aromatic heterocycles. The number of rotatable bonds is 4. The van der Waals surface area contributed by atoms with E-state index in [1.165, 1.54) is 0 Å². The van der Waals surface area contributed by atoms with Crippen molar-refractivity contribution in [3.8, 4) is 11.5 Å². The lowest BCUT2D eigenvalue weighted by Crippen LogP contribution is -2.36. The Kier molecular flexibility index (Phi) is 4.28. The summed E-state index contributed by atoms with van der Waals surface area (Å²) in [7, 11) is 0. The largest absolute Gasteiger partial charge is 0.334 e. The van der Waals surface area contributed by atoms with E-state index in [4.69, 9.17) is 21.9 Å². The van der Waals surface area contributed by atoms with E-state index >= 15 is 0 Å². The molecule has 0 atom stereocenters. The SMILES string of the molecule is CCC(N)(CC)c1noc(-c2cc(Cl)ccc2Br)n1. The van der Waals surface area contributed by atoms with Gasteiger partial charge in [0.25, 0.3) is 5.89 Å². The molecule has 2 rings (SSSR count). The fourth-order valence-corrected chi connectivity index (χ4v) is 2.35. The Morgan fingerprint density at radius 1 is 1.37 bits per heavy atom. The van der Waals surface area contributed by atoms with Crippen LogP contribution < -0.4 is 5.73 Å². The lowest BCUT2D eigenvalue weighted by atomic mass is 9.93. The molecule has 0 aliphatic carbocycles. The summed E-state index contributed by atoms with van der Waals surface area (Å²) in [5.74, 6) is 0.945. The Balaban J connectivity index is 2.44. The molecule has 0 unspecified atom stereocenters. The zero-order valence-electron chi connectivity index (χ0n) is 10.8. The average molecular weight is 345 g/mol. The van der Waals surface area contributed by atoms with Gasteiger partial charge in [-0.3, -0.25) is 0 Å². The molecule has 1 heterocycles. The minimum absolute atomic E-state index is 0.418. The van der Waals surface area contributed by atoms with Gasteiger partial charge in [-0.05, 0) is 47.0 Å². The fourth-order valence-electron chi connectivity index (χ4n) is 1.76. The smallest absolute Gasteiger partial charge is 0.259 e. The molecule has 0 saturated heterocycles. The van der Waals surface area contributed by atoms with Gasteiger partial charge in [-0.2, -0.15) is 4.98 Å². The van der Waals surface area contributed by atoms with Gasteiger partial charge in [-0.15, -0.1) is 0 Å². The molecule has 19 heavy (non-hydrogen) atoms. The molecule has 1 aromatic carbocycles. The Morgan fingerprint density at radius 3 is 2.68 bits per heavy atom. The fraction of sp³-hybridized carbons (Fsp3) is 0.385. The van der Waals surface area contributed by atoms with Crippen molar-refractivity contribution in [2.75, 3.05) is 0 Å². The van der Waals surface area contributed by atoms with E-state index in [2.05, 4.69) is 26.1 Å². The van der Waals surface area contributed by atoms with Gasteiger partial charge in [0.1, 0.15) is 0 Å². The zero-order chi connectivity index (χ0) is 14.0. The highest BCUT2D eigenvalue weighted by Crippen LogP contribution is 2.31. The van der Waals surface area contributed by atoms with Crippen LogP contribution in [0.5, 0.6) is 0 Å². The van der Waals surface area contributed by atoms with E-state index in [0.717, 1.165) is 22.9 Å². The third kappa shape index (κ3) is 2.83. The highest BCUT2D eigenvalue weighted by Gasteiger charge is 2.29. The molecule has 0 spiro atoms. The molecule has 2 N–H and O–H groups in total. The van der Waals surface area contributed by atoms with Crippen LogP contribution in [0, 0.1) is 0 Å². The number of benzene rings is 1. The van der Waals surface area contributed by atoms with Crippen LogP contribution in [0.2, 0.25) is 5.02 Å². The molecular weight excluding hydrogens is 330 g/mol. The van der Waals surface area contributed by atoms with Crippen LogP contribution >= 0.6 is 27.5 Å². The Morgan fingerprint density at radius 2 is 2.05 bits per heavy atom. The van der Waals surface area contributed by atoms with Gasteiger partial charge in [0, 0.05) is 9.50 Å². The third-order valence-corrected chi connectivity index (χ3v) is 4.22. The van der Waals surface area contributed by atoms with Crippen molar-refractivity contribution in [1.29, 1.82) is 0 Å². The minimum atomic E-state index is -0.549. The van der Waals surface area contributed by atoms with E-state index in [-0.39, 0.29) is 0 Å². The maximum Gasteiger partial charge on any atom is 0.259 e. The number of hydrogen-bond acceptors (Lipinski definition) is 4. The molecule has 0 saturated carbocycles. The second-order valence-corrected chi connectivity index (χ2v) is 5.70. The van der Waals surface area contributed by atoms with E-state index in [0.29, 0.717) is 16.7 Å². The van der Waals surface area contributed by atoms with Crippen molar-refractivity contribution in [1.82, 2.24) is 10.1 Å². The number of nitrogens with zero attached hydrogens (tertiary/aromatic N) is 2. The maximum atomic E-state index is 6.25. The normalized spacial score (nSPS) is 11.8. The summed E-state index contributed by atoms with van der Waals surface area (Å²) in [6.45, 7) is 4.02. The molecule has 2 aromatic rings. The Labute approximate surface area is 125 Å². The number of aromatic nitrogens is 2. The zero-order valence-corrected chi connectivity index (χ0v) is 13.1. The van der Waals surface area contributed by atoms with Crippen molar-refractivity contribution in [2.24, 2.45) is 5.73 Å². The third-order valence-electron chi connectivity index (χ3n) is 3.29. The van der Waals surface area contributed by atoms with Crippen LogP contribution in [-0.4, -0.2) is 10.1 Å². The molecule has 0 amide bonds. The highest BCUT2D eigenvalue weighted by atomic mass is 79.9. The Bertz CT molecular complexity index is 581. The second kappa shape index (κ2) is 5.61. The molecule has 0 radical (unpaired) electrons. The summed E-state index contributed by atoms with van der Waals surface area (Å²) >= 11 is 9.43. The number of hydrogen-bond donors (Lipinski definition) is 1. The van der Waals surface area contributed by atoms with Gasteiger partial charge in [-0.1, -0.05) is 30.6 Å². The maximum absolute atomic E-state index is 6.25. The summed E-state index contributed by atoms with van der Waals surface area (Å²) in [5.41, 5.74) is 6.47. The highest BCUT2D eigenvalue weighted by molar-refractivity contribution is 9.10. The van der Waals surface area contributed by atoms with Gasteiger partial charge in [0.15, 0.2) is 5.82 Å². The lowest BCUT2D eigenvalue weighted by molar-refractivity contribution is 0.350. The molecule has 0 bridgehead atoms. The molecule has 0 aliphatic heterocycles. The second-order valence-electron chi connectivity index (χ2n) is 4.41. The summed E-state index contributed by atoms with van der Waals surface area (Å²) in [4.78, 5) is 4.40. The van der Waals surface area contributed by atoms with Crippen molar-refractivity contribution >= 4 is 27.5 Å². The van der Waals surface area contributed by atoms with Gasteiger partial charge < -0.3 is 10.3 Å². The first kappa shape index (κ1) is 14.5. The first-order chi connectivity index (χ1) is 9.00. The van der Waals surface area contributed by atoms with E-state index in [1.807, 2.05) is 19.9 Å². The van der Waals surface area contributed by atoms with Gasteiger partial charge >= 0.3 is 0 Å². The summed E-state index contributed by atoms with van der Waals surface area (Å²) < 4.78 is 6.16. The van der Waals surface area contributed by atoms with Crippen molar-refractivity contribution in [3.05, 3.63) is 33.5 Å². The summed E-state index contributed by atoms with van der Waals surface area (Å²) in [6.07, 6.45) is 1.50. The van der Waals surface area contributed by atoms with Crippen LogP contribution in [0.25, 0.3) is 11.5 Å². The molecule has 102 valence electrons. The first-order valence-corrected chi connectivity index (χ1v) is 7.25. The summed E-state index contributed by atoms with van der Waals surface area (Å²) in [6, 6.07) is 5.41. The molecule has 0 aliphatic rings. The minimum Gasteiger partial charge on any atom is -0.334 e. The molecule has 0 fully saturated rings. The Hall–Kier alpha value is -0.910. The van der Waals surface area contributed by atoms with Crippen LogP contribution in [0.4, 0.5) is 0 Å². The van der Waals surface area contributed by atoms with Crippen molar-refractivity contribution < 1.29 is 4.52 Å². The topological polar surface area (TPSA) is 64.9 Å². The van der Waals surface area contributed by atoms with Crippen LogP contribution in [0.15, 0.2) is 27.2 Å². The predicted molar refractivity (Wildman–Crippen MR) is 78.9 cm³/mol. The number of halogens is 2. The van der Waals surface area contributed by atoms with E-state index in [9.17, 15) is 0 Å². The van der Waals surface area contributed by atoms with Crippen LogP contribution in [0.1, 0.15) is 32.5 Å². The monoisotopic (exact) mass is 343 g/mol. The first-order valence-electron chi connectivity index (χ1n) is 6.08. The molecule has 4 nitrogen and oxygen atoms in total. The quantitative estimate of drug-likeness (QED) is 0.906. The lowest BCUT2D eigenvalue weighted by Gasteiger charge is -2.21. The van der Waals surface area contributed by atoms with Crippen molar-refractivity contribution in [2.45, 2.75) is 32.2 Å². The standard InChI is InChI=1S/C13H15BrClN3O/c1-3-13(16,4-2)12-17-11(19-18-12)9-7-8(15)5-6-10(9)14/h5-7H,3-4,16H2,1-2H3. The van der Waals surface area contributed by atoms with Gasteiger partial charge in [0.2, 0.25) is 0 Å². The molecular formula is C13H15BrClN3O. The average Bonchev–Trinajstić information content (AvgIpc) is 2.90. The molecule has 6 heteroatoms. The predicted octanol–water partition coefficient (Wildman–Crippen LogP) is 4.13.